The van der Waals surface area contributed by atoms with Gasteiger partial charge in [-0.3, -0.25) is 9.59 Å². The predicted octanol–water partition coefficient (Wildman–Crippen LogP) is 4.96. The Labute approximate surface area is 205 Å². The van der Waals surface area contributed by atoms with Crippen molar-refractivity contribution in [1.29, 1.82) is 0 Å². The Balaban J connectivity index is 1.55. The zero-order valence-electron chi connectivity index (χ0n) is 20.8. The molecule has 1 fully saturated rings. The number of likely N-dealkylation sites (tertiary alicyclic amines) is 1. The van der Waals surface area contributed by atoms with E-state index in [9.17, 15) is 9.59 Å². The molecule has 184 valence electrons. The Morgan fingerprint density at radius 1 is 1.20 bits per heavy atom. The minimum absolute atomic E-state index is 0.169. The first-order chi connectivity index (χ1) is 16.9. The first-order valence-corrected chi connectivity index (χ1v) is 11.9. The number of benzene rings is 2. The van der Waals surface area contributed by atoms with Crippen LogP contribution in [-0.2, 0) is 9.59 Å². The molecule has 2 heterocycles. The van der Waals surface area contributed by atoms with Crippen LogP contribution in [0.3, 0.4) is 0 Å². The van der Waals surface area contributed by atoms with Crippen molar-refractivity contribution in [2.45, 2.75) is 33.1 Å². The zero-order valence-corrected chi connectivity index (χ0v) is 20.8. The van der Waals surface area contributed by atoms with Crippen LogP contribution in [0.2, 0.25) is 0 Å². The number of nitrogens with zero attached hydrogens (tertiary/aromatic N) is 1. The number of methoxy groups -OCH3 is 2. The summed E-state index contributed by atoms with van der Waals surface area (Å²) in [6.07, 6.45) is 5.64. The molecule has 4 rings (SSSR count). The van der Waals surface area contributed by atoms with Crippen LogP contribution in [0.15, 0.2) is 47.1 Å². The van der Waals surface area contributed by atoms with Crippen molar-refractivity contribution in [3.05, 3.63) is 53.8 Å². The molecule has 0 spiro atoms. The highest BCUT2D eigenvalue weighted by Gasteiger charge is 2.20. The molecule has 7 nitrogen and oxygen atoms in total. The van der Waals surface area contributed by atoms with Gasteiger partial charge in [-0.05, 0) is 56.0 Å². The number of rotatable bonds is 9. The van der Waals surface area contributed by atoms with Crippen LogP contribution in [-0.4, -0.2) is 50.6 Å². The lowest BCUT2D eigenvalue weighted by Crippen LogP contribution is -2.30. The highest BCUT2D eigenvalue weighted by Crippen LogP contribution is 2.40. The number of allylic oxidation sites excluding steroid dienone is 1. The van der Waals surface area contributed by atoms with Crippen LogP contribution in [0.25, 0.3) is 27.7 Å². The van der Waals surface area contributed by atoms with E-state index >= 15 is 0 Å². The van der Waals surface area contributed by atoms with Crippen LogP contribution in [0, 0.1) is 6.92 Å². The lowest BCUT2D eigenvalue weighted by molar-refractivity contribution is -0.127. The third-order valence-electron chi connectivity index (χ3n) is 6.50. The molecule has 0 radical (unpaired) electrons. The third-order valence-corrected chi connectivity index (χ3v) is 6.50. The normalized spacial score (nSPS) is 14.0. The quantitative estimate of drug-likeness (QED) is 0.349. The van der Waals surface area contributed by atoms with Gasteiger partial charge in [-0.15, -0.1) is 0 Å². The summed E-state index contributed by atoms with van der Waals surface area (Å²) in [6.45, 7) is 5.88. The lowest BCUT2D eigenvalue weighted by atomic mass is 9.96. The maximum Gasteiger partial charge on any atom is 0.244 e. The van der Waals surface area contributed by atoms with Crippen molar-refractivity contribution < 1.29 is 23.5 Å². The van der Waals surface area contributed by atoms with Crippen LogP contribution in [0.4, 0.5) is 0 Å². The summed E-state index contributed by atoms with van der Waals surface area (Å²) in [7, 11) is 3.27. The summed E-state index contributed by atoms with van der Waals surface area (Å²) in [6, 6.07) is 9.84. The first kappa shape index (κ1) is 24.4. The number of amides is 2. The predicted molar refractivity (Wildman–Crippen MR) is 137 cm³/mol. The summed E-state index contributed by atoms with van der Waals surface area (Å²) >= 11 is 0. The molecular formula is C28H32N2O5. The van der Waals surface area contributed by atoms with Gasteiger partial charge in [0.2, 0.25) is 11.8 Å². The Morgan fingerprint density at radius 2 is 1.97 bits per heavy atom. The zero-order chi connectivity index (χ0) is 24.9. The number of carbonyl (C=O) groups is 2. The standard InChI is InChI=1S/C28H32N2O5/c1-18(15-25(31)29-12-6-14-30-13-5-7-26(30)32)22-16-23-24(20-8-10-21(33-3)11-9-20)17-35-28(23)19(2)27(22)34-4/h8-11,15-17H,5-7,12-14H2,1-4H3,(H,29,31)/b18-15+. The summed E-state index contributed by atoms with van der Waals surface area (Å²) < 4.78 is 16.9. The smallest absolute Gasteiger partial charge is 0.244 e. The van der Waals surface area contributed by atoms with E-state index in [0.717, 1.165) is 63.9 Å². The molecule has 0 unspecified atom stereocenters. The monoisotopic (exact) mass is 476 g/mol. The van der Waals surface area contributed by atoms with E-state index in [-0.39, 0.29) is 11.8 Å². The van der Waals surface area contributed by atoms with Crippen LogP contribution in [0.1, 0.15) is 37.3 Å². The molecule has 1 saturated heterocycles. The number of fused-ring (bicyclic) bond motifs is 1. The molecule has 1 aliphatic heterocycles. The van der Waals surface area contributed by atoms with Crippen LogP contribution in [0.5, 0.6) is 11.5 Å². The molecule has 1 aromatic heterocycles. The van der Waals surface area contributed by atoms with Crippen LogP contribution >= 0.6 is 0 Å². The second kappa shape index (κ2) is 10.7. The number of aryl methyl sites for hydroxylation is 1. The number of hydrogen-bond donors (Lipinski definition) is 1. The molecular weight excluding hydrogens is 444 g/mol. The molecule has 2 amide bonds. The van der Waals surface area contributed by atoms with E-state index in [0.29, 0.717) is 25.3 Å². The van der Waals surface area contributed by atoms with Crippen molar-refractivity contribution in [2.75, 3.05) is 33.9 Å². The average molecular weight is 477 g/mol. The van der Waals surface area contributed by atoms with Gasteiger partial charge in [0.15, 0.2) is 0 Å². The van der Waals surface area contributed by atoms with Gasteiger partial charge in [-0.2, -0.15) is 0 Å². The maximum atomic E-state index is 12.6. The van der Waals surface area contributed by atoms with Gasteiger partial charge in [0.1, 0.15) is 17.1 Å². The highest BCUT2D eigenvalue weighted by atomic mass is 16.5. The molecule has 3 aromatic rings. The van der Waals surface area contributed by atoms with E-state index in [2.05, 4.69) is 5.32 Å². The van der Waals surface area contributed by atoms with E-state index < -0.39 is 0 Å². The van der Waals surface area contributed by atoms with Crippen molar-refractivity contribution in [1.82, 2.24) is 10.2 Å². The molecule has 0 bridgehead atoms. The fraction of sp³-hybridized carbons (Fsp3) is 0.357. The van der Waals surface area contributed by atoms with Crippen molar-refractivity contribution in [3.8, 4) is 22.6 Å². The number of furan rings is 1. The van der Waals surface area contributed by atoms with Gasteiger partial charge < -0.3 is 24.1 Å². The largest absolute Gasteiger partial charge is 0.497 e. The highest BCUT2D eigenvalue weighted by molar-refractivity contribution is 6.01. The van der Waals surface area contributed by atoms with E-state index in [4.69, 9.17) is 13.9 Å². The Bertz CT molecular complexity index is 1260. The number of hydrogen-bond acceptors (Lipinski definition) is 5. The molecule has 0 saturated carbocycles. The fourth-order valence-electron chi connectivity index (χ4n) is 4.61. The molecule has 0 aliphatic carbocycles. The van der Waals surface area contributed by atoms with E-state index in [1.54, 1.807) is 26.6 Å². The van der Waals surface area contributed by atoms with E-state index in [1.807, 2.05) is 49.1 Å². The van der Waals surface area contributed by atoms with Crippen molar-refractivity contribution in [3.63, 3.8) is 0 Å². The van der Waals surface area contributed by atoms with Gasteiger partial charge in [-0.1, -0.05) is 12.1 Å². The molecule has 1 aliphatic rings. The van der Waals surface area contributed by atoms with Gasteiger partial charge in [0.05, 0.1) is 20.5 Å². The number of nitrogens with one attached hydrogen (secondary N) is 1. The summed E-state index contributed by atoms with van der Waals surface area (Å²) in [5.74, 6) is 1.51. The van der Waals surface area contributed by atoms with Crippen molar-refractivity contribution >= 4 is 28.4 Å². The number of ether oxygens (including phenoxy) is 2. The molecule has 7 heteroatoms. The molecule has 0 atom stereocenters. The second-order valence-electron chi connectivity index (χ2n) is 8.79. The average Bonchev–Trinajstić information content (AvgIpc) is 3.48. The summed E-state index contributed by atoms with van der Waals surface area (Å²) in [4.78, 5) is 26.2. The maximum absolute atomic E-state index is 12.6. The third kappa shape index (κ3) is 5.19. The Kier molecular flexibility index (Phi) is 7.44. The van der Waals surface area contributed by atoms with Gasteiger partial charge in [-0.25, -0.2) is 0 Å². The molecule has 35 heavy (non-hydrogen) atoms. The van der Waals surface area contributed by atoms with E-state index in [1.165, 1.54) is 0 Å². The minimum atomic E-state index is -0.169. The SMILES string of the molecule is COc1ccc(-c2coc3c(C)c(OC)c(/C(C)=C/C(=O)NCCCN4CCCC4=O)cc23)cc1. The first-order valence-electron chi connectivity index (χ1n) is 11.9. The van der Waals surface area contributed by atoms with Crippen molar-refractivity contribution in [2.24, 2.45) is 0 Å². The number of carbonyl (C=O) groups excluding carboxylic acids is 2. The summed E-state index contributed by atoms with van der Waals surface area (Å²) in [5.41, 5.74) is 5.24. The molecule has 2 aromatic carbocycles. The minimum Gasteiger partial charge on any atom is -0.497 e. The van der Waals surface area contributed by atoms with Gasteiger partial charge in [0.25, 0.3) is 0 Å². The fourth-order valence-corrected chi connectivity index (χ4v) is 4.61. The second-order valence-corrected chi connectivity index (χ2v) is 8.79. The topological polar surface area (TPSA) is 81.0 Å². The lowest BCUT2D eigenvalue weighted by Gasteiger charge is -2.15. The Morgan fingerprint density at radius 3 is 2.63 bits per heavy atom. The summed E-state index contributed by atoms with van der Waals surface area (Å²) in [5, 5.41) is 3.88. The Hall–Kier alpha value is -3.74. The van der Waals surface area contributed by atoms with Gasteiger partial charge >= 0.3 is 0 Å². The van der Waals surface area contributed by atoms with Gasteiger partial charge in [0, 0.05) is 54.2 Å². The van der Waals surface area contributed by atoms with Crippen LogP contribution < -0.4 is 14.8 Å². The molecule has 1 N–H and O–H groups in total.